The van der Waals surface area contributed by atoms with E-state index in [-0.39, 0.29) is 5.56 Å². The first-order valence-electron chi connectivity index (χ1n) is 8.31. The maximum absolute atomic E-state index is 11.5. The van der Waals surface area contributed by atoms with E-state index >= 15 is 0 Å². The number of hydrogen-bond acceptors (Lipinski definition) is 6. The van der Waals surface area contributed by atoms with Crippen LogP contribution in [0.5, 0.6) is 0 Å². The van der Waals surface area contributed by atoms with Crippen molar-refractivity contribution < 1.29 is 0 Å². The summed E-state index contributed by atoms with van der Waals surface area (Å²) in [6.45, 7) is 4.59. The van der Waals surface area contributed by atoms with Gasteiger partial charge in [-0.3, -0.25) is 9.69 Å². The molecule has 3 aromatic heterocycles. The van der Waals surface area contributed by atoms with Crippen LogP contribution in [0.2, 0.25) is 0 Å². The molecule has 1 fully saturated rings. The highest BCUT2D eigenvalue weighted by Crippen LogP contribution is 2.22. The Kier molecular flexibility index (Phi) is 3.76. The van der Waals surface area contributed by atoms with Crippen molar-refractivity contribution in [2.24, 2.45) is 7.05 Å². The summed E-state index contributed by atoms with van der Waals surface area (Å²) >= 11 is 0. The van der Waals surface area contributed by atoms with Gasteiger partial charge in [-0.1, -0.05) is 6.07 Å². The summed E-state index contributed by atoms with van der Waals surface area (Å²) in [5.74, 6) is 1.74. The Morgan fingerprint density at radius 1 is 1.20 bits per heavy atom. The van der Waals surface area contributed by atoms with Gasteiger partial charge >= 0.3 is 0 Å². The first-order valence-corrected chi connectivity index (χ1v) is 8.31. The van der Waals surface area contributed by atoms with Crippen LogP contribution >= 0.6 is 0 Å². The molecular weight excluding hydrogens is 318 g/mol. The lowest BCUT2D eigenvalue weighted by atomic mass is 10.1. The van der Waals surface area contributed by atoms with Crippen LogP contribution in [-0.4, -0.2) is 55.5 Å². The van der Waals surface area contributed by atoms with E-state index in [9.17, 15) is 4.79 Å². The summed E-state index contributed by atoms with van der Waals surface area (Å²) in [5, 5.41) is 12.7. The van der Waals surface area contributed by atoms with Crippen molar-refractivity contribution in [3.8, 4) is 0 Å². The maximum atomic E-state index is 11.5. The molecule has 0 saturated carbocycles. The van der Waals surface area contributed by atoms with Crippen LogP contribution in [0, 0.1) is 6.92 Å². The lowest BCUT2D eigenvalue weighted by Crippen LogP contribution is -2.58. The molecule has 4 heterocycles. The normalized spacial score (nSPS) is 15.1. The van der Waals surface area contributed by atoms with Crippen molar-refractivity contribution in [2.45, 2.75) is 19.5 Å². The minimum atomic E-state index is 0.0203. The van der Waals surface area contributed by atoms with E-state index in [4.69, 9.17) is 0 Å². The van der Waals surface area contributed by atoms with Crippen molar-refractivity contribution in [1.82, 2.24) is 29.3 Å². The van der Waals surface area contributed by atoms with E-state index in [1.54, 1.807) is 22.2 Å². The molecule has 0 unspecified atom stereocenters. The van der Waals surface area contributed by atoms with Gasteiger partial charge in [-0.25, -0.2) is 0 Å². The number of anilines is 1. The molecule has 0 spiro atoms. The third kappa shape index (κ3) is 2.89. The van der Waals surface area contributed by atoms with Crippen LogP contribution in [-0.2, 0) is 13.6 Å². The Hall–Kier alpha value is -2.74. The van der Waals surface area contributed by atoms with Gasteiger partial charge in [0.05, 0.1) is 0 Å². The summed E-state index contributed by atoms with van der Waals surface area (Å²) < 4.78 is 3.40. The fourth-order valence-corrected chi connectivity index (χ4v) is 3.14. The number of rotatable bonds is 4. The minimum absolute atomic E-state index is 0.0203. The highest BCUT2D eigenvalue weighted by molar-refractivity contribution is 5.47. The zero-order valence-electron chi connectivity index (χ0n) is 14.6. The Labute approximate surface area is 145 Å². The SMILES string of the molecule is Cc1nnc2ccc(N3CC(N(C)Cc4ccc(=O)n(C)c4)C3)nn12. The van der Waals surface area contributed by atoms with Gasteiger partial charge in [0.2, 0.25) is 5.56 Å². The van der Waals surface area contributed by atoms with Crippen molar-refractivity contribution in [2.75, 3.05) is 25.0 Å². The van der Waals surface area contributed by atoms with Crippen LogP contribution in [0.15, 0.2) is 35.3 Å². The highest BCUT2D eigenvalue weighted by atomic mass is 16.1. The smallest absolute Gasteiger partial charge is 0.250 e. The predicted molar refractivity (Wildman–Crippen MR) is 94.7 cm³/mol. The molecule has 0 aromatic carbocycles. The Bertz CT molecular complexity index is 971. The second-order valence-electron chi connectivity index (χ2n) is 6.67. The molecule has 0 radical (unpaired) electrons. The van der Waals surface area contributed by atoms with E-state index in [0.717, 1.165) is 42.5 Å². The van der Waals surface area contributed by atoms with Gasteiger partial charge in [0.15, 0.2) is 11.5 Å². The second-order valence-corrected chi connectivity index (χ2v) is 6.67. The van der Waals surface area contributed by atoms with Gasteiger partial charge in [0, 0.05) is 45.0 Å². The van der Waals surface area contributed by atoms with Gasteiger partial charge in [-0.2, -0.15) is 4.52 Å². The van der Waals surface area contributed by atoms with Crippen LogP contribution in [0.1, 0.15) is 11.4 Å². The van der Waals surface area contributed by atoms with E-state index in [1.807, 2.05) is 31.3 Å². The third-order valence-electron chi connectivity index (χ3n) is 4.79. The second kappa shape index (κ2) is 5.96. The van der Waals surface area contributed by atoms with Crippen molar-refractivity contribution >= 4 is 11.5 Å². The van der Waals surface area contributed by atoms with Crippen molar-refractivity contribution in [3.05, 3.63) is 52.2 Å². The molecule has 1 saturated heterocycles. The zero-order valence-corrected chi connectivity index (χ0v) is 14.6. The van der Waals surface area contributed by atoms with Crippen LogP contribution < -0.4 is 10.5 Å². The summed E-state index contributed by atoms with van der Waals surface area (Å²) in [4.78, 5) is 16.0. The Morgan fingerprint density at radius 3 is 2.76 bits per heavy atom. The quantitative estimate of drug-likeness (QED) is 0.687. The Morgan fingerprint density at radius 2 is 2.00 bits per heavy atom. The molecule has 3 aromatic rings. The molecule has 0 aliphatic carbocycles. The number of pyridine rings is 1. The van der Waals surface area contributed by atoms with Crippen LogP contribution in [0.4, 0.5) is 5.82 Å². The molecule has 0 amide bonds. The first kappa shape index (κ1) is 15.8. The molecule has 1 aliphatic heterocycles. The van der Waals surface area contributed by atoms with Crippen LogP contribution in [0.25, 0.3) is 5.65 Å². The first-order chi connectivity index (χ1) is 12.0. The van der Waals surface area contributed by atoms with Crippen LogP contribution in [0.3, 0.4) is 0 Å². The fraction of sp³-hybridized carbons (Fsp3) is 0.412. The summed E-state index contributed by atoms with van der Waals surface area (Å²) in [6, 6.07) is 7.93. The largest absolute Gasteiger partial charge is 0.352 e. The van der Waals surface area contributed by atoms with Crippen molar-refractivity contribution in [3.63, 3.8) is 0 Å². The number of likely N-dealkylation sites (N-methyl/N-ethyl adjacent to an activating group) is 1. The van der Waals surface area contributed by atoms with Gasteiger partial charge in [0.25, 0.3) is 0 Å². The molecule has 0 bridgehead atoms. The predicted octanol–water partition coefficient (Wildman–Crippen LogP) is 0.452. The van der Waals surface area contributed by atoms with E-state index in [1.165, 1.54) is 0 Å². The monoisotopic (exact) mass is 339 g/mol. The van der Waals surface area contributed by atoms with E-state index in [2.05, 4.69) is 32.1 Å². The highest BCUT2D eigenvalue weighted by Gasteiger charge is 2.31. The topological polar surface area (TPSA) is 71.6 Å². The molecule has 130 valence electrons. The molecule has 8 heteroatoms. The van der Waals surface area contributed by atoms with Crippen molar-refractivity contribution in [1.29, 1.82) is 0 Å². The maximum Gasteiger partial charge on any atom is 0.250 e. The van der Waals surface area contributed by atoms with Gasteiger partial charge in [0.1, 0.15) is 5.82 Å². The zero-order chi connectivity index (χ0) is 17.6. The average Bonchev–Trinajstić information content (AvgIpc) is 2.91. The lowest BCUT2D eigenvalue weighted by Gasteiger charge is -2.44. The fourth-order valence-electron chi connectivity index (χ4n) is 3.14. The number of fused-ring (bicyclic) bond motifs is 1. The molecule has 0 N–H and O–H groups in total. The summed E-state index contributed by atoms with van der Waals surface area (Å²) in [7, 11) is 3.90. The van der Waals surface area contributed by atoms with Gasteiger partial charge in [-0.05, 0) is 31.7 Å². The summed E-state index contributed by atoms with van der Waals surface area (Å²) in [6.07, 6.45) is 1.90. The van der Waals surface area contributed by atoms with E-state index in [0.29, 0.717) is 6.04 Å². The number of aryl methyl sites for hydroxylation is 2. The van der Waals surface area contributed by atoms with Gasteiger partial charge in [-0.15, -0.1) is 15.3 Å². The molecule has 8 nitrogen and oxygen atoms in total. The molecular formula is C17H21N7O. The number of hydrogen-bond donors (Lipinski definition) is 0. The molecule has 1 aliphatic rings. The van der Waals surface area contributed by atoms with Gasteiger partial charge < -0.3 is 9.47 Å². The molecule has 0 atom stereocenters. The molecule has 4 rings (SSSR count). The third-order valence-corrected chi connectivity index (χ3v) is 4.79. The molecule has 25 heavy (non-hydrogen) atoms. The lowest BCUT2D eigenvalue weighted by molar-refractivity contribution is 0.196. The standard InChI is InChI=1S/C17H21N7O/c1-12-18-19-15-5-6-16(20-24(12)15)23-10-14(11-23)21(2)8-13-4-7-17(25)22(3)9-13/h4-7,9,14H,8,10-11H2,1-3H3. The summed E-state index contributed by atoms with van der Waals surface area (Å²) in [5.41, 5.74) is 1.93. The number of nitrogens with zero attached hydrogens (tertiary/aromatic N) is 7. The average molecular weight is 339 g/mol. The number of aromatic nitrogens is 5. The minimum Gasteiger partial charge on any atom is -0.352 e. The Balaban J connectivity index is 1.40. The van der Waals surface area contributed by atoms with E-state index < -0.39 is 0 Å².